The maximum absolute atomic E-state index is 5.99. The highest BCUT2D eigenvalue weighted by atomic mass is 35.5. The molecular weight excluding hydrogens is 222 g/mol. The standard InChI is InChI=1S/C13H18ClNO/c1-10-8-11(2-3-13(10)14)9-15-12-4-6-16-7-5-12/h2-3,8,12,15H,4-7,9H2,1H3. The van der Waals surface area contributed by atoms with Crippen LogP contribution in [0.2, 0.25) is 5.02 Å². The highest BCUT2D eigenvalue weighted by molar-refractivity contribution is 6.31. The molecular formula is C13H18ClNO. The Morgan fingerprint density at radius 2 is 2.12 bits per heavy atom. The lowest BCUT2D eigenvalue weighted by Gasteiger charge is -2.23. The summed E-state index contributed by atoms with van der Waals surface area (Å²) in [4.78, 5) is 0. The van der Waals surface area contributed by atoms with Crippen LogP contribution in [-0.4, -0.2) is 19.3 Å². The summed E-state index contributed by atoms with van der Waals surface area (Å²) >= 11 is 5.99. The quantitative estimate of drug-likeness (QED) is 0.876. The van der Waals surface area contributed by atoms with Gasteiger partial charge >= 0.3 is 0 Å². The summed E-state index contributed by atoms with van der Waals surface area (Å²) in [6.45, 7) is 4.73. The molecule has 1 heterocycles. The van der Waals surface area contributed by atoms with Crippen LogP contribution in [0.25, 0.3) is 0 Å². The summed E-state index contributed by atoms with van der Waals surface area (Å²) in [5.41, 5.74) is 2.45. The van der Waals surface area contributed by atoms with E-state index in [1.54, 1.807) is 0 Å². The first-order valence-corrected chi connectivity index (χ1v) is 6.19. The largest absolute Gasteiger partial charge is 0.381 e. The van der Waals surface area contributed by atoms with Crippen LogP contribution >= 0.6 is 11.6 Å². The number of aryl methyl sites for hydroxylation is 1. The lowest BCUT2D eigenvalue weighted by Crippen LogP contribution is -2.34. The Labute approximate surface area is 102 Å². The molecule has 1 fully saturated rings. The van der Waals surface area contributed by atoms with Crippen molar-refractivity contribution in [1.82, 2.24) is 5.32 Å². The fraction of sp³-hybridized carbons (Fsp3) is 0.538. The van der Waals surface area contributed by atoms with Crippen LogP contribution in [-0.2, 0) is 11.3 Å². The molecule has 0 atom stereocenters. The molecule has 1 aromatic rings. The Hall–Kier alpha value is -0.570. The molecule has 1 saturated heterocycles. The van der Waals surface area contributed by atoms with E-state index in [-0.39, 0.29) is 0 Å². The van der Waals surface area contributed by atoms with Gasteiger partial charge < -0.3 is 10.1 Å². The molecule has 1 aliphatic rings. The summed E-state index contributed by atoms with van der Waals surface area (Å²) in [6.07, 6.45) is 2.24. The van der Waals surface area contributed by atoms with E-state index in [9.17, 15) is 0 Å². The van der Waals surface area contributed by atoms with Crippen molar-refractivity contribution >= 4 is 11.6 Å². The predicted octanol–water partition coefficient (Wildman–Crippen LogP) is 2.92. The van der Waals surface area contributed by atoms with Crippen molar-refractivity contribution in [2.24, 2.45) is 0 Å². The van der Waals surface area contributed by atoms with Gasteiger partial charge in [-0.2, -0.15) is 0 Å². The molecule has 88 valence electrons. The van der Waals surface area contributed by atoms with Crippen LogP contribution < -0.4 is 5.32 Å². The van der Waals surface area contributed by atoms with E-state index in [1.165, 1.54) is 5.56 Å². The minimum absolute atomic E-state index is 0.602. The first-order chi connectivity index (χ1) is 7.75. The minimum Gasteiger partial charge on any atom is -0.381 e. The predicted molar refractivity (Wildman–Crippen MR) is 66.9 cm³/mol. The highest BCUT2D eigenvalue weighted by Crippen LogP contribution is 2.16. The molecule has 0 amide bonds. The van der Waals surface area contributed by atoms with Gasteiger partial charge in [-0.25, -0.2) is 0 Å². The molecule has 2 nitrogen and oxygen atoms in total. The molecule has 0 spiro atoms. The number of ether oxygens (including phenoxy) is 1. The average molecular weight is 240 g/mol. The van der Waals surface area contributed by atoms with Crippen LogP contribution in [0.3, 0.4) is 0 Å². The summed E-state index contributed by atoms with van der Waals surface area (Å²) in [5, 5.41) is 4.40. The van der Waals surface area contributed by atoms with Crippen molar-refractivity contribution in [2.45, 2.75) is 32.4 Å². The molecule has 3 heteroatoms. The second-order valence-electron chi connectivity index (χ2n) is 4.35. The van der Waals surface area contributed by atoms with Crippen molar-refractivity contribution in [2.75, 3.05) is 13.2 Å². The molecule has 0 aromatic heterocycles. The average Bonchev–Trinajstić information content (AvgIpc) is 2.32. The smallest absolute Gasteiger partial charge is 0.0480 e. The van der Waals surface area contributed by atoms with E-state index >= 15 is 0 Å². The molecule has 1 aliphatic heterocycles. The van der Waals surface area contributed by atoms with Crippen LogP contribution in [0.15, 0.2) is 18.2 Å². The maximum atomic E-state index is 5.99. The van der Waals surface area contributed by atoms with Crippen LogP contribution in [0.4, 0.5) is 0 Å². The molecule has 0 radical (unpaired) electrons. The second-order valence-corrected chi connectivity index (χ2v) is 4.76. The van der Waals surface area contributed by atoms with Crippen molar-refractivity contribution in [1.29, 1.82) is 0 Å². The van der Waals surface area contributed by atoms with Gasteiger partial charge in [0.05, 0.1) is 0 Å². The van der Waals surface area contributed by atoms with E-state index in [0.717, 1.165) is 43.2 Å². The van der Waals surface area contributed by atoms with Crippen LogP contribution in [0, 0.1) is 6.92 Å². The van der Waals surface area contributed by atoms with E-state index in [1.807, 2.05) is 13.0 Å². The summed E-state index contributed by atoms with van der Waals surface area (Å²) in [5.74, 6) is 0. The molecule has 0 aliphatic carbocycles. The van der Waals surface area contributed by atoms with Crippen molar-refractivity contribution in [3.63, 3.8) is 0 Å². The number of hydrogen-bond donors (Lipinski definition) is 1. The van der Waals surface area contributed by atoms with Crippen molar-refractivity contribution in [3.8, 4) is 0 Å². The fourth-order valence-corrected chi connectivity index (χ4v) is 2.10. The topological polar surface area (TPSA) is 21.3 Å². The molecule has 1 aromatic carbocycles. The Morgan fingerprint density at radius 1 is 1.38 bits per heavy atom. The van der Waals surface area contributed by atoms with Gasteiger partial charge in [0.1, 0.15) is 0 Å². The first-order valence-electron chi connectivity index (χ1n) is 5.82. The zero-order valence-corrected chi connectivity index (χ0v) is 10.4. The Morgan fingerprint density at radius 3 is 2.81 bits per heavy atom. The third kappa shape index (κ3) is 3.21. The summed E-state index contributed by atoms with van der Waals surface area (Å²) < 4.78 is 5.33. The van der Waals surface area contributed by atoms with Gasteiger partial charge in [-0.3, -0.25) is 0 Å². The van der Waals surface area contributed by atoms with Gasteiger partial charge in [-0.05, 0) is 37.0 Å². The lowest BCUT2D eigenvalue weighted by molar-refractivity contribution is 0.0776. The summed E-state index contributed by atoms with van der Waals surface area (Å²) in [6, 6.07) is 6.80. The normalized spacial score (nSPS) is 17.6. The van der Waals surface area contributed by atoms with Crippen LogP contribution in [0.5, 0.6) is 0 Å². The van der Waals surface area contributed by atoms with Crippen LogP contribution in [0.1, 0.15) is 24.0 Å². The second kappa shape index (κ2) is 5.67. The van der Waals surface area contributed by atoms with E-state index in [2.05, 4.69) is 17.4 Å². The number of rotatable bonds is 3. The Bertz CT molecular complexity index is 348. The monoisotopic (exact) mass is 239 g/mol. The Kier molecular flexibility index (Phi) is 4.22. The van der Waals surface area contributed by atoms with Gasteiger partial charge in [-0.15, -0.1) is 0 Å². The summed E-state index contributed by atoms with van der Waals surface area (Å²) in [7, 11) is 0. The van der Waals surface area contributed by atoms with Crippen molar-refractivity contribution in [3.05, 3.63) is 34.3 Å². The van der Waals surface area contributed by atoms with Crippen molar-refractivity contribution < 1.29 is 4.74 Å². The molecule has 16 heavy (non-hydrogen) atoms. The molecule has 1 N–H and O–H groups in total. The van der Waals surface area contributed by atoms with Gasteiger partial charge in [0.15, 0.2) is 0 Å². The molecule has 0 unspecified atom stereocenters. The number of nitrogens with one attached hydrogen (secondary N) is 1. The minimum atomic E-state index is 0.602. The van der Waals surface area contributed by atoms with Gasteiger partial charge in [0, 0.05) is 30.8 Å². The number of benzene rings is 1. The van der Waals surface area contributed by atoms with Gasteiger partial charge in [0.25, 0.3) is 0 Å². The third-order valence-corrected chi connectivity index (χ3v) is 3.46. The zero-order chi connectivity index (χ0) is 11.4. The fourth-order valence-electron chi connectivity index (χ4n) is 1.98. The third-order valence-electron chi connectivity index (χ3n) is 3.04. The molecule has 0 bridgehead atoms. The highest BCUT2D eigenvalue weighted by Gasteiger charge is 2.12. The first kappa shape index (κ1) is 11.9. The maximum Gasteiger partial charge on any atom is 0.0480 e. The molecule has 0 saturated carbocycles. The zero-order valence-electron chi connectivity index (χ0n) is 9.63. The number of hydrogen-bond acceptors (Lipinski definition) is 2. The van der Waals surface area contributed by atoms with Gasteiger partial charge in [0.2, 0.25) is 0 Å². The molecule has 2 rings (SSSR count). The van der Waals surface area contributed by atoms with E-state index < -0.39 is 0 Å². The van der Waals surface area contributed by atoms with E-state index in [0.29, 0.717) is 6.04 Å². The Balaban J connectivity index is 1.86. The lowest BCUT2D eigenvalue weighted by atomic mass is 10.1. The van der Waals surface area contributed by atoms with E-state index in [4.69, 9.17) is 16.3 Å². The SMILES string of the molecule is Cc1cc(CNC2CCOCC2)ccc1Cl. The number of halogens is 1. The van der Waals surface area contributed by atoms with Gasteiger partial charge in [-0.1, -0.05) is 23.7 Å².